The van der Waals surface area contributed by atoms with Gasteiger partial charge in [0.1, 0.15) is 5.75 Å². The van der Waals surface area contributed by atoms with E-state index in [1.807, 2.05) is 54.6 Å². The predicted molar refractivity (Wildman–Crippen MR) is 87.7 cm³/mol. The first-order valence-corrected chi connectivity index (χ1v) is 6.89. The molecule has 0 radical (unpaired) electrons. The van der Waals surface area contributed by atoms with Crippen molar-refractivity contribution in [2.75, 3.05) is 14.2 Å². The van der Waals surface area contributed by atoms with Crippen LogP contribution >= 0.6 is 0 Å². The SMILES string of the molecule is COCc1ccccc1.COc1ccc2ccccc2c1. The van der Waals surface area contributed by atoms with Crippen LogP contribution < -0.4 is 4.74 Å². The summed E-state index contributed by atoms with van der Waals surface area (Å²) in [5.41, 5.74) is 1.22. The smallest absolute Gasteiger partial charge is 0.119 e. The molecule has 2 heteroatoms. The van der Waals surface area contributed by atoms with Crippen molar-refractivity contribution in [1.29, 1.82) is 0 Å². The van der Waals surface area contributed by atoms with E-state index in [2.05, 4.69) is 18.2 Å². The molecule has 0 aliphatic rings. The summed E-state index contributed by atoms with van der Waals surface area (Å²) in [6.07, 6.45) is 0. The lowest BCUT2D eigenvalue weighted by Crippen LogP contribution is -1.84. The number of hydrogen-bond donors (Lipinski definition) is 0. The second-order valence-corrected chi connectivity index (χ2v) is 4.63. The minimum atomic E-state index is 0.709. The summed E-state index contributed by atoms with van der Waals surface area (Å²) < 4.78 is 10.1. The first-order chi connectivity index (χ1) is 10.3. The molecule has 108 valence electrons. The van der Waals surface area contributed by atoms with Gasteiger partial charge < -0.3 is 9.47 Å². The zero-order valence-corrected chi connectivity index (χ0v) is 12.5. The zero-order chi connectivity index (χ0) is 14.9. The van der Waals surface area contributed by atoms with Crippen LogP contribution in [0.25, 0.3) is 10.8 Å². The van der Waals surface area contributed by atoms with Crippen molar-refractivity contribution in [3.05, 3.63) is 78.4 Å². The van der Waals surface area contributed by atoms with E-state index >= 15 is 0 Å². The van der Waals surface area contributed by atoms with Gasteiger partial charge in [0.05, 0.1) is 13.7 Å². The maximum atomic E-state index is 5.12. The second kappa shape index (κ2) is 8.08. The van der Waals surface area contributed by atoms with E-state index in [0.29, 0.717) is 6.61 Å². The largest absolute Gasteiger partial charge is 0.497 e. The summed E-state index contributed by atoms with van der Waals surface area (Å²) in [6.45, 7) is 0.709. The summed E-state index contributed by atoms with van der Waals surface area (Å²) in [5, 5.41) is 2.47. The fraction of sp³-hybridized carbons (Fsp3) is 0.158. The quantitative estimate of drug-likeness (QED) is 0.693. The average Bonchev–Trinajstić information content (AvgIpc) is 2.56. The van der Waals surface area contributed by atoms with Crippen LogP contribution in [-0.4, -0.2) is 14.2 Å². The van der Waals surface area contributed by atoms with Gasteiger partial charge in [0.2, 0.25) is 0 Å². The van der Waals surface area contributed by atoms with Crippen LogP contribution in [0.2, 0.25) is 0 Å². The van der Waals surface area contributed by atoms with Crippen molar-refractivity contribution in [3.63, 3.8) is 0 Å². The Bertz CT molecular complexity index is 662. The van der Waals surface area contributed by atoms with Crippen LogP contribution in [0.3, 0.4) is 0 Å². The molecular formula is C19H20O2. The van der Waals surface area contributed by atoms with Crippen molar-refractivity contribution in [2.24, 2.45) is 0 Å². The molecule has 3 aromatic carbocycles. The van der Waals surface area contributed by atoms with E-state index in [1.54, 1.807) is 14.2 Å². The van der Waals surface area contributed by atoms with Crippen LogP contribution in [0.15, 0.2) is 72.8 Å². The van der Waals surface area contributed by atoms with Gasteiger partial charge in [0.25, 0.3) is 0 Å². The Labute approximate surface area is 125 Å². The highest BCUT2D eigenvalue weighted by Gasteiger charge is 1.93. The van der Waals surface area contributed by atoms with Gasteiger partial charge in [0.15, 0.2) is 0 Å². The Morgan fingerprint density at radius 2 is 1.38 bits per heavy atom. The topological polar surface area (TPSA) is 18.5 Å². The number of benzene rings is 3. The van der Waals surface area contributed by atoms with Crippen LogP contribution in [-0.2, 0) is 11.3 Å². The van der Waals surface area contributed by atoms with E-state index in [-0.39, 0.29) is 0 Å². The molecule has 0 saturated heterocycles. The minimum absolute atomic E-state index is 0.709. The molecule has 2 nitrogen and oxygen atoms in total. The number of methoxy groups -OCH3 is 2. The molecule has 0 heterocycles. The predicted octanol–water partition coefficient (Wildman–Crippen LogP) is 4.68. The standard InChI is InChI=1S/C11H10O.C8H10O/c1-12-11-7-6-9-4-2-3-5-10(9)8-11;1-9-7-8-5-3-2-4-6-8/h2-8H,1H3;2-6H,7H2,1H3. The maximum Gasteiger partial charge on any atom is 0.119 e. The van der Waals surface area contributed by atoms with Gasteiger partial charge in [-0.2, -0.15) is 0 Å². The lowest BCUT2D eigenvalue weighted by molar-refractivity contribution is 0.185. The molecule has 0 bridgehead atoms. The lowest BCUT2D eigenvalue weighted by Gasteiger charge is -2.00. The third kappa shape index (κ3) is 4.62. The zero-order valence-electron chi connectivity index (χ0n) is 12.5. The van der Waals surface area contributed by atoms with Crippen LogP contribution in [0.4, 0.5) is 0 Å². The molecule has 3 rings (SSSR count). The number of ether oxygens (including phenoxy) is 2. The summed E-state index contributed by atoms with van der Waals surface area (Å²) in [7, 11) is 3.39. The molecule has 0 saturated carbocycles. The van der Waals surface area contributed by atoms with Gasteiger partial charge in [-0.3, -0.25) is 0 Å². The monoisotopic (exact) mass is 280 g/mol. The van der Waals surface area contributed by atoms with E-state index in [1.165, 1.54) is 16.3 Å². The van der Waals surface area contributed by atoms with Gasteiger partial charge in [-0.1, -0.05) is 60.7 Å². The molecule has 0 spiro atoms. The highest BCUT2D eigenvalue weighted by Crippen LogP contribution is 2.19. The molecular weight excluding hydrogens is 260 g/mol. The van der Waals surface area contributed by atoms with E-state index < -0.39 is 0 Å². The van der Waals surface area contributed by atoms with E-state index in [4.69, 9.17) is 9.47 Å². The van der Waals surface area contributed by atoms with Crippen molar-refractivity contribution in [3.8, 4) is 5.75 Å². The molecule has 0 N–H and O–H groups in total. The van der Waals surface area contributed by atoms with Crippen molar-refractivity contribution in [1.82, 2.24) is 0 Å². The first kappa shape index (κ1) is 15.1. The van der Waals surface area contributed by atoms with Crippen molar-refractivity contribution < 1.29 is 9.47 Å². The van der Waals surface area contributed by atoms with Gasteiger partial charge in [-0.15, -0.1) is 0 Å². The van der Waals surface area contributed by atoms with Crippen molar-refractivity contribution in [2.45, 2.75) is 6.61 Å². The average molecular weight is 280 g/mol. The van der Waals surface area contributed by atoms with Gasteiger partial charge in [-0.25, -0.2) is 0 Å². The Balaban J connectivity index is 0.000000161. The number of hydrogen-bond acceptors (Lipinski definition) is 2. The molecule has 0 aliphatic heterocycles. The Kier molecular flexibility index (Phi) is 5.80. The normalized spacial score (nSPS) is 9.81. The summed E-state index contributed by atoms with van der Waals surface area (Å²) in [6, 6.07) is 24.4. The van der Waals surface area contributed by atoms with Gasteiger partial charge >= 0.3 is 0 Å². The Morgan fingerprint density at radius 1 is 0.714 bits per heavy atom. The number of fused-ring (bicyclic) bond motifs is 1. The fourth-order valence-electron chi connectivity index (χ4n) is 2.04. The van der Waals surface area contributed by atoms with Gasteiger partial charge in [0, 0.05) is 7.11 Å². The van der Waals surface area contributed by atoms with Crippen molar-refractivity contribution >= 4 is 10.8 Å². The molecule has 0 unspecified atom stereocenters. The van der Waals surface area contributed by atoms with Crippen LogP contribution in [0, 0.1) is 0 Å². The molecule has 3 aromatic rings. The maximum absolute atomic E-state index is 5.12. The lowest BCUT2D eigenvalue weighted by atomic mass is 10.1. The molecule has 0 atom stereocenters. The third-order valence-corrected chi connectivity index (χ3v) is 3.11. The number of rotatable bonds is 3. The van der Waals surface area contributed by atoms with Crippen LogP contribution in [0.5, 0.6) is 5.75 Å². The molecule has 21 heavy (non-hydrogen) atoms. The highest BCUT2D eigenvalue weighted by molar-refractivity contribution is 5.83. The van der Waals surface area contributed by atoms with Gasteiger partial charge in [-0.05, 0) is 28.5 Å². The summed E-state index contributed by atoms with van der Waals surface area (Å²) >= 11 is 0. The Morgan fingerprint density at radius 3 is 2.05 bits per heavy atom. The summed E-state index contributed by atoms with van der Waals surface area (Å²) in [4.78, 5) is 0. The van der Waals surface area contributed by atoms with E-state index in [9.17, 15) is 0 Å². The van der Waals surface area contributed by atoms with Crippen LogP contribution in [0.1, 0.15) is 5.56 Å². The summed E-state index contributed by atoms with van der Waals surface area (Å²) in [5.74, 6) is 0.911. The highest BCUT2D eigenvalue weighted by atomic mass is 16.5. The second-order valence-electron chi connectivity index (χ2n) is 4.63. The first-order valence-electron chi connectivity index (χ1n) is 6.89. The molecule has 0 aliphatic carbocycles. The molecule has 0 fully saturated rings. The minimum Gasteiger partial charge on any atom is -0.497 e. The Hall–Kier alpha value is -2.32. The fourth-order valence-corrected chi connectivity index (χ4v) is 2.04. The molecule has 0 amide bonds. The third-order valence-electron chi connectivity index (χ3n) is 3.11. The van der Waals surface area contributed by atoms with E-state index in [0.717, 1.165) is 5.75 Å². The molecule has 0 aromatic heterocycles.